The van der Waals surface area contributed by atoms with E-state index >= 15 is 0 Å². The molecule has 0 unspecified atom stereocenters. The van der Waals surface area contributed by atoms with Crippen molar-refractivity contribution in [2.45, 2.75) is 13.0 Å². The number of nitrogens with zero attached hydrogens (tertiary/aromatic N) is 1. The van der Waals surface area contributed by atoms with Crippen LogP contribution in [0.3, 0.4) is 0 Å². The monoisotopic (exact) mass is 430 g/mol. The Balaban J connectivity index is 1.56. The molecule has 0 radical (unpaired) electrons. The number of hydrogen-bond donors (Lipinski definition) is 1. The van der Waals surface area contributed by atoms with E-state index in [2.05, 4.69) is 5.32 Å². The topological polar surface area (TPSA) is 84.9 Å². The first kappa shape index (κ1) is 21.9. The van der Waals surface area contributed by atoms with Gasteiger partial charge >= 0.3 is 0 Å². The van der Waals surface area contributed by atoms with Crippen LogP contribution in [0, 0.1) is 0 Å². The van der Waals surface area contributed by atoms with Crippen molar-refractivity contribution in [1.82, 2.24) is 9.62 Å². The predicted octanol–water partition coefficient (Wildman–Crippen LogP) is 2.22. The summed E-state index contributed by atoms with van der Waals surface area (Å²) in [6.07, 6.45) is 3.69. The van der Waals surface area contributed by atoms with Gasteiger partial charge in [-0.25, -0.2) is 8.42 Å². The minimum atomic E-state index is -3.50. The zero-order valence-electron chi connectivity index (χ0n) is 17.1. The quantitative estimate of drug-likeness (QED) is 0.649. The number of amides is 1. The molecule has 0 fully saturated rings. The second-order valence-corrected chi connectivity index (χ2v) is 9.00. The second-order valence-electron chi connectivity index (χ2n) is 6.91. The van der Waals surface area contributed by atoms with Gasteiger partial charge in [0.25, 0.3) is 0 Å². The third-order valence-corrected chi connectivity index (χ3v) is 6.78. The molecule has 0 bridgehead atoms. The first-order chi connectivity index (χ1) is 14.4. The molecule has 2 aromatic carbocycles. The Morgan fingerprint density at radius 1 is 1.10 bits per heavy atom. The molecule has 3 rings (SSSR count). The van der Waals surface area contributed by atoms with Crippen molar-refractivity contribution in [2.75, 3.05) is 33.1 Å². The van der Waals surface area contributed by atoms with E-state index in [0.29, 0.717) is 24.5 Å². The first-order valence-electron chi connectivity index (χ1n) is 9.65. The maximum atomic E-state index is 12.7. The molecule has 1 N–H and O–H groups in total. The second kappa shape index (κ2) is 9.77. The predicted molar refractivity (Wildman–Crippen MR) is 116 cm³/mol. The fraction of sp³-hybridized carbons (Fsp3) is 0.318. The Morgan fingerprint density at radius 3 is 2.43 bits per heavy atom. The number of rotatable bonds is 8. The zero-order chi connectivity index (χ0) is 21.6. The molecule has 8 heteroatoms. The Bertz CT molecular complexity index is 1020. The third kappa shape index (κ3) is 5.40. The van der Waals surface area contributed by atoms with Gasteiger partial charge in [-0.1, -0.05) is 30.3 Å². The summed E-state index contributed by atoms with van der Waals surface area (Å²) >= 11 is 0. The van der Waals surface area contributed by atoms with Gasteiger partial charge in [-0.15, -0.1) is 0 Å². The Kier molecular flexibility index (Phi) is 7.12. The van der Waals surface area contributed by atoms with Crippen LogP contribution in [0.1, 0.15) is 16.7 Å². The molecule has 0 saturated carbocycles. The molecule has 0 saturated heterocycles. The smallest absolute Gasteiger partial charge is 0.244 e. The van der Waals surface area contributed by atoms with Crippen LogP contribution in [0.15, 0.2) is 48.5 Å². The van der Waals surface area contributed by atoms with Crippen LogP contribution in [-0.4, -0.2) is 51.7 Å². The molecular weight excluding hydrogens is 404 g/mol. The van der Waals surface area contributed by atoms with Crippen LogP contribution in [0.25, 0.3) is 6.08 Å². The van der Waals surface area contributed by atoms with E-state index in [-0.39, 0.29) is 24.7 Å². The van der Waals surface area contributed by atoms with Crippen molar-refractivity contribution in [2.24, 2.45) is 0 Å². The third-order valence-electron chi connectivity index (χ3n) is 4.96. The Morgan fingerprint density at radius 2 is 1.77 bits per heavy atom. The average Bonchev–Trinajstić information content (AvgIpc) is 2.76. The fourth-order valence-electron chi connectivity index (χ4n) is 3.32. The SMILES string of the molecule is COc1cc2c(cc1OC)CN(S(=O)(=O)CCNC(=O)/C=C/c1ccccc1)CC2. The van der Waals surface area contributed by atoms with Crippen molar-refractivity contribution in [1.29, 1.82) is 0 Å². The number of carbonyl (C=O) groups is 1. The molecule has 7 nitrogen and oxygen atoms in total. The summed E-state index contributed by atoms with van der Waals surface area (Å²) in [6, 6.07) is 13.1. The number of benzene rings is 2. The van der Waals surface area contributed by atoms with Gasteiger partial charge in [-0.3, -0.25) is 4.79 Å². The molecule has 0 aliphatic carbocycles. The van der Waals surface area contributed by atoms with Crippen molar-refractivity contribution in [3.8, 4) is 11.5 Å². The van der Waals surface area contributed by atoms with Crippen molar-refractivity contribution < 1.29 is 22.7 Å². The summed E-state index contributed by atoms with van der Waals surface area (Å²) in [6.45, 7) is 0.724. The highest BCUT2D eigenvalue weighted by Gasteiger charge is 2.27. The fourth-order valence-corrected chi connectivity index (χ4v) is 4.65. The van der Waals surface area contributed by atoms with Crippen LogP contribution in [0.2, 0.25) is 0 Å². The van der Waals surface area contributed by atoms with Crippen LogP contribution < -0.4 is 14.8 Å². The Labute approximate surface area is 177 Å². The maximum Gasteiger partial charge on any atom is 0.244 e. The minimum absolute atomic E-state index is 0.0512. The lowest BCUT2D eigenvalue weighted by molar-refractivity contribution is -0.116. The lowest BCUT2D eigenvalue weighted by atomic mass is 10.0. The summed E-state index contributed by atoms with van der Waals surface area (Å²) < 4.78 is 37.6. The lowest BCUT2D eigenvalue weighted by Crippen LogP contribution is -2.40. The molecule has 0 atom stereocenters. The van der Waals surface area contributed by atoms with Gasteiger partial charge in [-0.05, 0) is 41.3 Å². The van der Waals surface area contributed by atoms with Crippen LogP contribution >= 0.6 is 0 Å². The molecule has 1 heterocycles. The Hall–Kier alpha value is -2.84. The van der Waals surface area contributed by atoms with Gasteiger partial charge in [0.1, 0.15) is 0 Å². The summed E-state index contributed by atoms with van der Waals surface area (Å²) in [5, 5.41) is 2.63. The largest absolute Gasteiger partial charge is 0.493 e. The first-order valence-corrected chi connectivity index (χ1v) is 11.3. The van der Waals surface area contributed by atoms with E-state index in [0.717, 1.165) is 16.7 Å². The van der Waals surface area contributed by atoms with Crippen molar-refractivity contribution in [3.05, 3.63) is 65.2 Å². The standard InChI is InChI=1S/C22H26N2O5S/c1-28-20-14-18-10-12-24(16-19(18)15-21(20)29-2)30(26,27)13-11-23-22(25)9-8-17-6-4-3-5-7-17/h3-9,14-15H,10-13,16H2,1-2H3,(H,23,25)/b9-8+. The molecule has 0 spiro atoms. The number of ether oxygens (including phenoxy) is 2. The van der Waals surface area contributed by atoms with Gasteiger partial charge in [0, 0.05) is 25.7 Å². The molecule has 160 valence electrons. The van der Waals surface area contributed by atoms with Gasteiger partial charge in [-0.2, -0.15) is 4.31 Å². The maximum absolute atomic E-state index is 12.7. The normalized spacial score (nSPS) is 14.3. The minimum Gasteiger partial charge on any atom is -0.493 e. The number of carbonyl (C=O) groups excluding carboxylic acids is 1. The van der Waals surface area contributed by atoms with Crippen LogP contribution in [0.4, 0.5) is 0 Å². The number of nitrogens with one attached hydrogen (secondary N) is 1. The number of sulfonamides is 1. The van der Waals surface area contributed by atoms with E-state index in [1.807, 2.05) is 42.5 Å². The highest BCUT2D eigenvalue weighted by Crippen LogP contribution is 2.33. The van der Waals surface area contributed by atoms with Gasteiger partial charge in [0.05, 0.1) is 20.0 Å². The summed E-state index contributed by atoms with van der Waals surface area (Å²) in [7, 11) is -0.373. The lowest BCUT2D eigenvalue weighted by Gasteiger charge is -2.29. The van der Waals surface area contributed by atoms with E-state index in [9.17, 15) is 13.2 Å². The van der Waals surface area contributed by atoms with E-state index in [1.54, 1.807) is 20.3 Å². The highest BCUT2D eigenvalue weighted by atomic mass is 32.2. The number of fused-ring (bicyclic) bond motifs is 1. The molecular formula is C22H26N2O5S. The van der Waals surface area contributed by atoms with Crippen molar-refractivity contribution in [3.63, 3.8) is 0 Å². The van der Waals surface area contributed by atoms with Gasteiger partial charge < -0.3 is 14.8 Å². The molecule has 30 heavy (non-hydrogen) atoms. The number of methoxy groups -OCH3 is 2. The van der Waals surface area contributed by atoms with E-state index in [1.165, 1.54) is 10.4 Å². The number of hydrogen-bond acceptors (Lipinski definition) is 5. The molecule has 0 aromatic heterocycles. The van der Waals surface area contributed by atoms with Crippen LogP contribution in [-0.2, 0) is 27.8 Å². The van der Waals surface area contributed by atoms with Crippen LogP contribution in [0.5, 0.6) is 11.5 Å². The highest BCUT2D eigenvalue weighted by molar-refractivity contribution is 7.89. The van der Waals surface area contributed by atoms with Gasteiger partial charge in [0.2, 0.25) is 15.9 Å². The summed E-state index contributed by atoms with van der Waals surface area (Å²) in [5.74, 6) is 0.738. The summed E-state index contributed by atoms with van der Waals surface area (Å²) in [5.41, 5.74) is 2.86. The molecule has 1 aliphatic rings. The molecule has 2 aromatic rings. The molecule has 1 amide bonds. The zero-order valence-corrected chi connectivity index (χ0v) is 17.9. The van der Waals surface area contributed by atoms with Crippen molar-refractivity contribution >= 4 is 22.0 Å². The van der Waals surface area contributed by atoms with Gasteiger partial charge in [0.15, 0.2) is 11.5 Å². The van der Waals surface area contributed by atoms with E-state index in [4.69, 9.17) is 9.47 Å². The molecule has 1 aliphatic heterocycles. The average molecular weight is 431 g/mol. The van der Waals surface area contributed by atoms with E-state index < -0.39 is 10.0 Å². The summed E-state index contributed by atoms with van der Waals surface area (Å²) in [4.78, 5) is 11.9.